The molecule has 166 valence electrons. The van der Waals surface area contributed by atoms with Crippen LogP contribution in [0.5, 0.6) is 0 Å². The first-order valence-corrected chi connectivity index (χ1v) is 10.9. The van der Waals surface area contributed by atoms with Gasteiger partial charge in [-0.3, -0.25) is 19.8 Å². The molecule has 0 radical (unpaired) electrons. The van der Waals surface area contributed by atoms with Gasteiger partial charge in [0.05, 0.1) is 14.9 Å². The highest BCUT2D eigenvalue weighted by atomic mass is 35.5. The van der Waals surface area contributed by atoms with Crippen molar-refractivity contribution in [2.75, 3.05) is 6.54 Å². The Hall–Kier alpha value is -3.69. The fraction of sp³-hybridized carbons (Fsp3) is 0.0870. The molecule has 0 N–H and O–H groups in total. The van der Waals surface area contributed by atoms with Gasteiger partial charge >= 0.3 is 0 Å². The van der Waals surface area contributed by atoms with Crippen LogP contribution in [-0.2, 0) is 4.79 Å². The minimum absolute atomic E-state index is 0.108. The Bertz CT molecular complexity index is 1330. The number of carbonyl (C=O) groups is 1. The lowest BCUT2D eigenvalue weighted by Crippen LogP contribution is -2.29. The summed E-state index contributed by atoms with van der Waals surface area (Å²) in [5.74, 6) is 1.15. The summed E-state index contributed by atoms with van der Waals surface area (Å²) in [5.41, 5.74) is 1.23. The number of aromatic nitrogens is 1. The van der Waals surface area contributed by atoms with Crippen molar-refractivity contribution in [3.8, 4) is 11.3 Å². The molecule has 33 heavy (non-hydrogen) atoms. The number of aryl methyl sites for hydroxylation is 1. The van der Waals surface area contributed by atoms with Crippen LogP contribution in [0, 0.1) is 17.0 Å². The maximum Gasteiger partial charge on any atom is 0.270 e. The number of hydrogen-bond acceptors (Lipinski definition) is 7. The Morgan fingerprint density at radius 3 is 2.82 bits per heavy atom. The number of halogens is 1. The number of amides is 1. The molecule has 3 heterocycles. The van der Waals surface area contributed by atoms with E-state index in [-0.39, 0.29) is 16.6 Å². The second-order valence-electron chi connectivity index (χ2n) is 6.97. The molecular formula is C23H17ClN4O4S. The number of benzene rings is 1. The van der Waals surface area contributed by atoms with Gasteiger partial charge in [-0.15, -0.1) is 6.58 Å². The van der Waals surface area contributed by atoms with E-state index in [4.69, 9.17) is 16.0 Å². The number of non-ortho nitro benzene ring substituents is 1. The number of nitro groups is 1. The Morgan fingerprint density at radius 1 is 1.30 bits per heavy atom. The molecular weight excluding hydrogens is 464 g/mol. The van der Waals surface area contributed by atoms with E-state index in [9.17, 15) is 14.9 Å². The van der Waals surface area contributed by atoms with Gasteiger partial charge in [-0.1, -0.05) is 23.7 Å². The molecule has 0 saturated carbocycles. The molecule has 0 spiro atoms. The van der Waals surface area contributed by atoms with Crippen molar-refractivity contribution in [1.29, 1.82) is 0 Å². The van der Waals surface area contributed by atoms with Crippen molar-refractivity contribution in [3.05, 3.63) is 92.7 Å². The number of pyridine rings is 1. The van der Waals surface area contributed by atoms with Crippen molar-refractivity contribution in [2.45, 2.75) is 6.92 Å². The van der Waals surface area contributed by atoms with Crippen molar-refractivity contribution in [2.24, 2.45) is 4.99 Å². The summed E-state index contributed by atoms with van der Waals surface area (Å²) >= 11 is 7.41. The predicted molar refractivity (Wildman–Crippen MR) is 129 cm³/mol. The molecule has 0 unspecified atom stereocenters. The van der Waals surface area contributed by atoms with Crippen LogP contribution in [0.25, 0.3) is 17.4 Å². The summed E-state index contributed by atoms with van der Waals surface area (Å²) < 4.78 is 5.84. The zero-order valence-electron chi connectivity index (χ0n) is 17.4. The highest BCUT2D eigenvalue weighted by Crippen LogP contribution is 2.36. The van der Waals surface area contributed by atoms with Crippen molar-refractivity contribution < 1.29 is 14.1 Å². The predicted octanol–water partition coefficient (Wildman–Crippen LogP) is 6.00. The smallest absolute Gasteiger partial charge is 0.270 e. The molecule has 8 nitrogen and oxygen atoms in total. The zero-order valence-corrected chi connectivity index (χ0v) is 19.0. The Kier molecular flexibility index (Phi) is 6.43. The van der Waals surface area contributed by atoms with Gasteiger partial charge in [0.2, 0.25) is 0 Å². The first-order valence-electron chi connectivity index (χ1n) is 9.74. The molecule has 0 atom stereocenters. The van der Waals surface area contributed by atoms with Crippen LogP contribution in [0.4, 0.5) is 11.5 Å². The van der Waals surface area contributed by atoms with Crippen LogP contribution < -0.4 is 0 Å². The summed E-state index contributed by atoms with van der Waals surface area (Å²) in [6.45, 7) is 5.89. The number of amidine groups is 1. The van der Waals surface area contributed by atoms with Crippen LogP contribution in [0.15, 0.2) is 75.5 Å². The lowest BCUT2D eigenvalue weighted by atomic mass is 10.1. The van der Waals surface area contributed by atoms with Crippen LogP contribution in [-0.4, -0.2) is 32.4 Å². The number of nitrogens with zero attached hydrogens (tertiary/aromatic N) is 4. The summed E-state index contributed by atoms with van der Waals surface area (Å²) in [6.07, 6.45) is 3.25. The molecule has 4 rings (SSSR count). The van der Waals surface area contributed by atoms with E-state index in [1.165, 1.54) is 34.9 Å². The van der Waals surface area contributed by atoms with Crippen molar-refractivity contribution in [1.82, 2.24) is 9.88 Å². The molecule has 1 aliphatic rings. The number of thioether (sulfide) groups is 1. The van der Waals surface area contributed by atoms with E-state index in [1.807, 2.05) is 19.1 Å². The Labute approximate surface area is 198 Å². The molecule has 1 amide bonds. The summed E-state index contributed by atoms with van der Waals surface area (Å²) in [6, 6.07) is 13.0. The summed E-state index contributed by atoms with van der Waals surface area (Å²) in [5, 5.41) is 11.6. The van der Waals surface area contributed by atoms with E-state index in [2.05, 4.69) is 16.6 Å². The quantitative estimate of drug-likeness (QED) is 0.185. The molecule has 2 aromatic heterocycles. The number of nitro benzene ring substituents is 1. The summed E-state index contributed by atoms with van der Waals surface area (Å²) in [7, 11) is 0. The first-order chi connectivity index (χ1) is 15.9. The van der Waals surface area contributed by atoms with Gasteiger partial charge in [0, 0.05) is 36.0 Å². The third-order valence-corrected chi connectivity index (χ3v) is 5.93. The fourth-order valence-corrected chi connectivity index (χ4v) is 4.34. The van der Waals surface area contributed by atoms with Crippen LogP contribution >= 0.6 is 23.4 Å². The maximum absolute atomic E-state index is 13.0. The highest BCUT2D eigenvalue weighted by molar-refractivity contribution is 8.18. The monoisotopic (exact) mass is 480 g/mol. The van der Waals surface area contributed by atoms with E-state index in [1.54, 1.807) is 30.4 Å². The van der Waals surface area contributed by atoms with E-state index < -0.39 is 4.92 Å². The molecule has 1 saturated heterocycles. The van der Waals surface area contributed by atoms with Gasteiger partial charge in [0.25, 0.3) is 11.6 Å². The molecule has 10 heteroatoms. The average molecular weight is 481 g/mol. The second-order valence-corrected chi connectivity index (χ2v) is 8.39. The van der Waals surface area contributed by atoms with Gasteiger partial charge in [-0.25, -0.2) is 9.98 Å². The fourth-order valence-electron chi connectivity index (χ4n) is 3.09. The minimum atomic E-state index is -0.517. The Balaban J connectivity index is 1.63. The standard InChI is InChI=1S/C23H17ClN4O4S/c1-3-11-27-22(29)20(33-23(27)26-21-6-4-5-14(2)25-21)13-16-8-10-19(32-16)17-9-7-15(28(30)31)12-18(17)24/h3-10,12-13H,1,11H2,2H3/b20-13+,26-23+. The number of carbonyl (C=O) groups excluding carboxylic acids is 1. The highest BCUT2D eigenvalue weighted by Gasteiger charge is 2.33. The number of aliphatic imine (C=N–C) groups is 1. The lowest BCUT2D eigenvalue weighted by molar-refractivity contribution is -0.384. The van der Waals surface area contributed by atoms with Crippen molar-refractivity contribution >= 4 is 52.0 Å². The number of rotatable bonds is 6. The van der Waals surface area contributed by atoms with Crippen LogP contribution in [0.2, 0.25) is 5.02 Å². The third kappa shape index (κ3) is 4.89. The first kappa shape index (κ1) is 22.5. The average Bonchev–Trinajstić information content (AvgIpc) is 3.34. The van der Waals surface area contributed by atoms with E-state index in [0.717, 1.165) is 5.69 Å². The van der Waals surface area contributed by atoms with Crippen LogP contribution in [0.3, 0.4) is 0 Å². The molecule has 0 aliphatic carbocycles. The van der Waals surface area contributed by atoms with Gasteiger partial charge in [-0.05, 0) is 49.0 Å². The van der Waals surface area contributed by atoms with E-state index in [0.29, 0.717) is 39.5 Å². The summed E-state index contributed by atoms with van der Waals surface area (Å²) in [4.78, 5) is 34.2. The van der Waals surface area contributed by atoms with E-state index >= 15 is 0 Å². The lowest BCUT2D eigenvalue weighted by Gasteiger charge is -2.12. The molecule has 3 aromatic rings. The SMILES string of the molecule is C=CCN1C(=O)/C(=C\c2ccc(-c3ccc([N+](=O)[O-])cc3Cl)o2)S/C1=N/c1cccc(C)n1. The largest absolute Gasteiger partial charge is 0.457 e. The van der Waals surface area contributed by atoms with Gasteiger partial charge in [-0.2, -0.15) is 0 Å². The number of furan rings is 1. The maximum atomic E-state index is 13.0. The Morgan fingerprint density at radius 2 is 2.12 bits per heavy atom. The van der Waals surface area contributed by atoms with Crippen LogP contribution in [0.1, 0.15) is 11.5 Å². The molecule has 1 aliphatic heterocycles. The number of hydrogen-bond donors (Lipinski definition) is 0. The van der Waals surface area contributed by atoms with Gasteiger partial charge < -0.3 is 4.42 Å². The molecule has 1 aromatic carbocycles. The molecule has 1 fully saturated rings. The van der Waals surface area contributed by atoms with Gasteiger partial charge in [0.15, 0.2) is 11.0 Å². The third-order valence-electron chi connectivity index (χ3n) is 4.61. The van der Waals surface area contributed by atoms with Gasteiger partial charge in [0.1, 0.15) is 11.5 Å². The van der Waals surface area contributed by atoms with Crippen molar-refractivity contribution in [3.63, 3.8) is 0 Å². The zero-order chi connectivity index (χ0) is 23.5. The normalized spacial score (nSPS) is 16.1. The minimum Gasteiger partial charge on any atom is -0.457 e. The topological polar surface area (TPSA) is 102 Å². The molecule has 0 bridgehead atoms. The second kappa shape index (κ2) is 9.43.